The second-order valence-electron chi connectivity index (χ2n) is 4.62. The van der Waals surface area contributed by atoms with E-state index in [4.69, 9.17) is 0 Å². The van der Waals surface area contributed by atoms with Crippen LogP contribution in [0.15, 0.2) is 36.9 Å². The van der Waals surface area contributed by atoms with E-state index in [0.717, 1.165) is 19.0 Å². The molecule has 0 atom stereocenters. The van der Waals surface area contributed by atoms with Gasteiger partial charge in [0.05, 0.1) is 0 Å². The van der Waals surface area contributed by atoms with Gasteiger partial charge in [-0.1, -0.05) is 44.2 Å². The monoisotopic (exact) mass is 217 g/mol. The minimum Gasteiger partial charge on any atom is -0.309 e. The number of nitrogens with one attached hydrogen (secondary N) is 1. The van der Waals surface area contributed by atoms with Crippen LogP contribution < -0.4 is 5.32 Å². The molecule has 0 aliphatic carbocycles. The molecule has 0 aliphatic rings. The first kappa shape index (κ1) is 13.0. The molecule has 0 fully saturated rings. The lowest BCUT2D eigenvalue weighted by Crippen LogP contribution is -2.14. The smallest absolute Gasteiger partial charge is 0.0211 e. The average molecular weight is 217 g/mol. The molecule has 16 heavy (non-hydrogen) atoms. The number of rotatable bonds is 7. The molecule has 0 saturated carbocycles. The number of hydrogen-bond acceptors (Lipinski definition) is 1. The minimum absolute atomic E-state index is 0.772. The highest BCUT2D eigenvalue weighted by molar-refractivity contribution is 5.27. The van der Waals surface area contributed by atoms with E-state index >= 15 is 0 Å². The molecule has 1 nitrogen and oxygen atoms in total. The van der Waals surface area contributed by atoms with Gasteiger partial charge in [-0.2, -0.15) is 0 Å². The van der Waals surface area contributed by atoms with Crippen molar-refractivity contribution < 1.29 is 0 Å². The van der Waals surface area contributed by atoms with E-state index in [1.807, 2.05) is 6.08 Å². The predicted octanol–water partition coefficient (Wildman–Crippen LogP) is 3.55. The lowest BCUT2D eigenvalue weighted by atomic mass is 9.98. The van der Waals surface area contributed by atoms with Crippen LogP contribution >= 0.6 is 0 Å². The van der Waals surface area contributed by atoms with Crippen LogP contribution in [-0.4, -0.2) is 6.54 Å². The quantitative estimate of drug-likeness (QED) is 0.544. The molecule has 1 rings (SSSR count). The van der Waals surface area contributed by atoms with E-state index in [9.17, 15) is 0 Å². The number of hydrogen-bond donors (Lipinski definition) is 1. The van der Waals surface area contributed by atoms with Crippen LogP contribution in [0.3, 0.4) is 0 Å². The van der Waals surface area contributed by atoms with Crippen molar-refractivity contribution in [3.63, 3.8) is 0 Å². The molecule has 1 aromatic carbocycles. The molecule has 1 heteroatoms. The lowest BCUT2D eigenvalue weighted by Gasteiger charge is -2.11. The van der Waals surface area contributed by atoms with Crippen LogP contribution in [0.1, 0.15) is 31.4 Å². The van der Waals surface area contributed by atoms with Crippen molar-refractivity contribution >= 4 is 0 Å². The summed E-state index contributed by atoms with van der Waals surface area (Å²) < 4.78 is 0. The zero-order valence-corrected chi connectivity index (χ0v) is 10.5. The Morgan fingerprint density at radius 2 is 1.94 bits per heavy atom. The Hall–Kier alpha value is -1.08. The maximum atomic E-state index is 3.71. The van der Waals surface area contributed by atoms with Gasteiger partial charge in [-0.25, -0.2) is 0 Å². The summed E-state index contributed by atoms with van der Waals surface area (Å²) in [5.41, 5.74) is 2.90. The molecule has 88 valence electrons. The molecule has 0 saturated heterocycles. The van der Waals surface area contributed by atoms with E-state index in [1.165, 1.54) is 24.0 Å². The standard InChI is InChI=1S/C15H23N/c1-4-11-16-12-15-8-6-5-7-14(15)10-9-13(2)3/h4-8,13,16H,1,9-12H2,2-3H3. The predicted molar refractivity (Wildman–Crippen MR) is 71.5 cm³/mol. The third-order valence-corrected chi connectivity index (χ3v) is 2.71. The summed E-state index contributed by atoms with van der Waals surface area (Å²) in [6.45, 7) is 10.1. The maximum absolute atomic E-state index is 3.71. The number of aryl methyl sites for hydroxylation is 1. The molecular weight excluding hydrogens is 194 g/mol. The second-order valence-corrected chi connectivity index (χ2v) is 4.62. The Morgan fingerprint density at radius 1 is 1.25 bits per heavy atom. The maximum Gasteiger partial charge on any atom is 0.0211 e. The summed E-state index contributed by atoms with van der Waals surface area (Å²) in [4.78, 5) is 0. The van der Waals surface area contributed by atoms with Crippen molar-refractivity contribution in [2.45, 2.75) is 33.2 Å². The summed E-state index contributed by atoms with van der Waals surface area (Å²) >= 11 is 0. The van der Waals surface area contributed by atoms with Crippen molar-refractivity contribution in [2.75, 3.05) is 6.54 Å². The first-order chi connectivity index (χ1) is 7.74. The van der Waals surface area contributed by atoms with E-state index in [0.29, 0.717) is 0 Å². The molecule has 0 spiro atoms. The highest BCUT2D eigenvalue weighted by Crippen LogP contribution is 2.13. The summed E-state index contributed by atoms with van der Waals surface area (Å²) in [5, 5.41) is 3.36. The highest BCUT2D eigenvalue weighted by Gasteiger charge is 2.02. The van der Waals surface area contributed by atoms with Gasteiger partial charge >= 0.3 is 0 Å². The van der Waals surface area contributed by atoms with Gasteiger partial charge in [0.2, 0.25) is 0 Å². The van der Waals surface area contributed by atoms with Crippen molar-refractivity contribution in [3.8, 4) is 0 Å². The van der Waals surface area contributed by atoms with E-state index in [1.54, 1.807) is 0 Å². The Morgan fingerprint density at radius 3 is 2.56 bits per heavy atom. The average Bonchev–Trinajstić information content (AvgIpc) is 2.28. The molecular formula is C15H23N. The van der Waals surface area contributed by atoms with Gasteiger partial charge in [0.1, 0.15) is 0 Å². The topological polar surface area (TPSA) is 12.0 Å². The van der Waals surface area contributed by atoms with Gasteiger partial charge in [-0.3, -0.25) is 0 Å². The summed E-state index contributed by atoms with van der Waals surface area (Å²) in [6.07, 6.45) is 4.35. The van der Waals surface area contributed by atoms with E-state index in [2.05, 4.69) is 50.0 Å². The van der Waals surface area contributed by atoms with Gasteiger partial charge in [0.15, 0.2) is 0 Å². The van der Waals surface area contributed by atoms with Crippen LogP contribution in [0.25, 0.3) is 0 Å². The third kappa shape index (κ3) is 4.63. The van der Waals surface area contributed by atoms with Gasteiger partial charge < -0.3 is 5.32 Å². The summed E-state index contributed by atoms with van der Waals surface area (Å²) in [6, 6.07) is 8.70. The first-order valence-electron chi connectivity index (χ1n) is 6.12. The summed E-state index contributed by atoms with van der Waals surface area (Å²) in [7, 11) is 0. The normalized spacial score (nSPS) is 10.7. The van der Waals surface area contributed by atoms with Crippen LogP contribution in [0.5, 0.6) is 0 Å². The van der Waals surface area contributed by atoms with E-state index in [-0.39, 0.29) is 0 Å². The molecule has 0 radical (unpaired) electrons. The van der Waals surface area contributed by atoms with Crippen LogP contribution in [-0.2, 0) is 13.0 Å². The Balaban J connectivity index is 2.56. The molecule has 0 bridgehead atoms. The molecule has 1 N–H and O–H groups in total. The fourth-order valence-corrected chi connectivity index (χ4v) is 1.73. The van der Waals surface area contributed by atoms with Gasteiger partial charge in [0.25, 0.3) is 0 Å². The number of benzene rings is 1. The van der Waals surface area contributed by atoms with Crippen molar-refractivity contribution in [3.05, 3.63) is 48.0 Å². The van der Waals surface area contributed by atoms with Crippen molar-refractivity contribution in [1.29, 1.82) is 0 Å². The fraction of sp³-hybridized carbons (Fsp3) is 0.467. The largest absolute Gasteiger partial charge is 0.309 e. The lowest BCUT2D eigenvalue weighted by molar-refractivity contribution is 0.583. The second kappa shape index (κ2) is 7.24. The molecule has 0 aliphatic heterocycles. The molecule has 0 amide bonds. The van der Waals surface area contributed by atoms with Gasteiger partial charge in [-0.15, -0.1) is 6.58 Å². The molecule has 1 aromatic rings. The zero-order chi connectivity index (χ0) is 11.8. The van der Waals surface area contributed by atoms with Crippen molar-refractivity contribution in [2.24, 2.45) is 5.92 Å². The zero-order valence-electron chi connectivity index (χ0n) is 10.5. The Labute approximate surface area is 99.6 Å². The Bertz CT molecular complexity index is 315. The van der Waals surface area contributed by atoms with Crippen LogP contribution in [0, 0.1) is 5.92 Å². The van der Waals surface area contributed by atoms with E-state index < -0.39 is 0 Å². The van der Waals surface area contributed by atoms with Crippen molar-refractivity contribution in [1.82, 2.24) is 5.32 Å². The van der Waals surface area contributed by atoms with Crippen LogP contribution in [0.2, 0.25) is 0 Å². The third-order valence-electron chi connectivity index (χ3n) is 2.71. The Kier molecular flexibility index (Phi) is 5.87. The SMILES string of the molecule is C=CCNCc1ccccc1CCC(C)C. The highest BCUT2D eigenvalue weighted by atomic mass is 14.8. The minimum atomic E-state index is 0.772. The molecule has 0 heterocycles. The van der Waals surface area contributed by atoms with Gasteiger partial charge in [0, 0.05) is 13.1 Å². The first-order valence-corrected chi connectivity index (χ1v) is 6.12. The summed E-state index contributed by atoms with van der Waals surface area (Å²) in [5.74, 6) is 0.772. The molecule has 0 unspecified atom stereocenters. The van der Waals surface area contributed by atoms with Crippen LogP contribution in [0.4, 0.5) is 0 Å². The fourth-order valence-electron chi connectivity index (χ4n) is 1.73. The molecule has 0 aromatic heterocycles. The van der Waals surface area contributed by atoms with Gasteiger partial charge in [-0.05, 0) is 29.9 Å².